The lowest BCUT2D eigenvalue weighted by Crippen LogP contribution is -2.46. The Morgan fingerprint density at radius 2 is 1.90 bits per heavy atom. The topological polar surface area (TPSA) is 80.1 Å². The smallest absolute Gasteiger partial charge is 0.242 e. The zero-order valence-corrected chi connectivity index (χ0v) is 17.6. The van der Waals surface area contributed by atoms with Crippen LogP contribution < -0.4 is 10.2 Å². The normalized spacial score (nSPS) is 19.7. The second-order valence-electron chi connectivity index (χ2n) is 7.89. The number of carbonyl (C=O) groups is 2. The number of hydrogen-bond donors (Lipinski definition) is 1. The summed E-state index contributed by atoms with van der Waals surface area (Å²) in [6.45, 7) is 2.66. The van der Waals surface area contributed by atoms with Crippen molar-refractivity contribution < 1.29 is 9.59 Å². The molecule has 0 aliphatic carbocycles. The van der Waals surface area contributed by atoms with Crippen LogP contribution in [0.15, 0.2) is 54.7 Å². The fourth-order valence-electron chi connectivity index (χ4n) is 4.79. The highest BCUT2D eigenvalue weighted by Gasteiger charge is 2.56. The Labute approximate surface area is 182 Å². The molecule has 31 heavy (non-hydrogen) atoms. The summed E-state index contributed by atoms with van der Waals surface area (Å²) in [5.41, 5.74) is 2.29. The van der Waals surface area contributed by atoms with Gasteiger partial charge in [0.15, 0.2) is 0 Å². The number of thiazole rings is 1. The van der Waals surface area contributed by atoms with Crippen molar-refractivity contribution in [2.75, 3.05) is 16.8 Å². The minimum atomic E-state index is -1.06. The van der Waals surface area contributed by atoms with Crippen molar-refractivity contribution in [2.24, 2.45) is 0 Å². The van der Waals surface area contributed by atoms with Crippen LogP contribution in [-0.4, -0.2) is 33.1 Å². The van der Waals surface area contributed by atoms with Gasteiger partial charge in [0.1, 0.15) is 11.2 Å². The summed E-state index contributed by atoms with van der Waals surface area (Å²) in [5, 5.41) is 8.19. The number of amides is 2. The van der Waals surface area contributed by atoms with Crippen LogP contribution in [-0.2, 0) is 15.0 Å². The van der Waals surface area contributed by atoms with Gasteiger partial charge < -0.3 is 10.2 Å². The molecule has 1 N–H and O–H groups in total. The molecule has 2 aromatic carbocycles. The minimum absolute atomic E-state index is 0.0597. The maximum Gasteiger partial charge on any atom is 0.242 e. The van der Waals surface area contributed by atoms with E-state index >= 15 is 0 Å². The number of nitrogens with zero attached hydrogens (tertiary/aromatic N) is 4. The highest BCUT2D eigenvalue weighted by atomic mass is 32.1. The number of benzene rings is 2. The van der Waals surface area contributed by atoms with Crippen molar-refractivity contribution in [3.63, 3.8) is 0 Å². The van der Waals surface area contributed by atoms with Crippen LogP contribution >= 0.6 is 11.3 Å². The van der Waals surface area contributed by atoms with Gasteiger partial charge in [-0.2, -0.15) is 9.78 Å². The van der Waals surface area contributed by atoms with Crippen LogP contribution in [0.3, 0.4) is 0 Å². The maximum absolute atomic E-state index is 13.8. The molecule has 0 bridgehead atoms. The molecule has 1 atom stereocenters. The van der Waals surface area contributed by atoms with Gasteiger partial charge in [0.25, 0.3) is 0 Å². The van der Waals surface area contributed by atoms with Crippen LogP contribution in [0.25, 0.3) is 15.3 Å². The van der Waals surface area contributed by atoms with Crippen LogP contribution in [0.4, 0.5) is 11.5 Å². The van der Waals surface area contributed by atoms with Crippen molar-refractivity contribution in [3.05, 3.63) is 65.9 Å². The lowest BCUT2D eigenvalue weighted by Gasteiger charge is -2.32. The molecule has 1 spiro atoms. The van der Waals surface area contributed by atoms with E-state index in [1.807, 2.05) is 60.4 Å². The van der Waals surface area contributed by atoms with E-state index in [1.165, 1.54) is 11.3 Å². The first-order valence-electron chi connectivity index (χ1n) is 10.3. The highest BCUT2D eigenvalue weighted by molar-refractivity contribution is 7.20. The molecule has 2 aliphatic heterocycles. The highest BCUT2D eigenvalue weighted by Crippen LogP contribution is 2.52. The van der Waals surface area contributed by atoms with Gasteiger partial charge in [0.05, 0.1) is 16.4 Å². The summed E-state index contributed by atoms with van der Waals surface area (Å²) < 4.78 is 2.69. The number of nitrogens with one attached hydrogen (secondary N) is 1. The van der Waals surface area contributed by atoms with E-state index in [-0.39, 0.29) is 18.2 Å². The first kappa shape index (κ1) is 18.3. The quantitative estimate of drug-likeness (QED) is 0.536. The summed E-state index contributed by atoms with van der Waals surface area (Å²) >= 11 is 1.50. The van der Waals surface area contributed by atoms with Gasteiger partial charge in [0, 0.05) is 24.2 Å². The molecule has 0 fully saturated rings. The summed E-state index contributed by atoms with van der Waals surface area (Å²) in [7, 11) is 0. The minimum Gasteiger partial charge on any atom is -0.311 e. The van der Waals surface area contributed by atoms with Crippen LogP contribution in [0, 0.1) is 0 Å². The lowest BCUT2D eigenvalue weighted by atomic mass is 9.72. The second kappa shape index (κ2) is 6.49. The number of anilines is 2. The molecule has 7 nitrogen and oxygen atoms in total. The fourth-order valence-corrected chi connectivity index (χ4v) is 5.72. The zero-order valence-electron chi connectivity index (χ0n) is 16.8. The van der Waals surface area contributed by atoms with E-state index in [0.29, 0.717) is 17.5 Å². The molecule has 6 rings (SSSR count). The molecule has 0 saturated heterocycles. The Balaban J connectivity index is 1.58. The van der Waals surface area contributed by atoms with Gasteiger partial charge in [0.2, 0.25) is 16.9 Å². The number of rotatable bonds is 3. The van der Waals surface area contributed by atoms with Crippen molar-refractivity contribution in [1.29, 1.82) is 0 Å². The molecule has 4 heterocycles. The molecule has 0 unspecified atom stereocenters. The predicted molar refractivity (Wildman–Crippen MR) is 120 cm³/mol. The summed E-state index contributed by atoms with van der Waals surface area (Å²) in [6.07, 6.45) is 2.62. The molecule has 2 aromatic heterocycles. The van der Waals surface area contributed by atoms with Gasteiger partial charge >= 0.3 is 0 Å². The van der Waals surface area contributed by atoms with Crippen molar-refractivity contribution >= 4 is 44.9 Å². The fraction of sp³-hybridized carbons (Fsp3) is 0.217. The standard InChI is InChI=1S/C23H19N5O2S/c1-2-11-27-17-9-5-3-7-14(17)23(21(27)30)12-19(29)26-20-15(23)13-24-28(20)22-25-16-8-4-6-10-18(16)31-22/h3-10,13H,2,11-12H2,1H3,(H,26,29)/t23-/m0/s1. The van der Waals surface area contributed by atoms with Gasteiger partial charge in [-0.05, 0) is 30.2 Å². The second-order valence-corrected chi connectivity index (χ2v) is 8.90. The first-order chi connectivity index (χ1) is 15.1. The molecule has 2 aliphatic rings. The molecule has 154 valence electrons. The average molecular weight is 430 g/mol. The first-order valence-corrected chi connectivity index (χ1v) is 11.1. The van der Waals surface area contributed by atoms with Crippen LogP contribution in [0.1, 0.15) is 30.9 Å². The molecular weight excluding hydrogens is 410 g/mol. The number of carbonyl (C=O) groups excluding carboxylic acids is 2. The maximum atomic E-state index is 13.8. The SMILES string of the molecule is CCCN1C(=O)[C@@]2(CC(=O)Nc3c2cnn3-c2nc3ccccc3s2)c2ccccc21. The third-order valence-corrected chi connectivity index (χ3v) is 7.10. The number of aromatic nitrogens is 3. The van der Waals surface area contributed by atoms with Crippen LogP contribution in [0.5, 0.6) is 0 Å². The molecule has 8 heteroatoms. The van der Waals surface area contributed by atoms with E-state index < -0.39 is 5.41 Å². The third kappa shape index (κ3) is 2.39. The molecule has 2 amide bonds. The van der Waals surface area contributed by atoms with Gasteiger partial charge in [-0.25, -0.2) is 4.98 Å². The van der Waals surface area contributed by atoms with Gasteiger partial charge in [-0.3, -0.25) is 9.59 Å². The van der Waals surface area contributed by atoms with E-state index in [1.54, 1.807) is 10.9 Å². The van der Waals surface area contributed by atoms with Gasteiger partial charge in [-0.1, -0.05) is 48.6 Å². The van der Waals surface area contributed by atoms with Crippen LogP contribution in [0.2, 0.25) is 0 Å². The van der Waals surface area contributed by atoms with E-state index in [2.05, 4.69) is 15.4 Å². The Kier molecular flexibility index (Phi) is 3.82. The molecule has 4 aromatic rings. The third-order valence-electron chi connectivity index (χ3n) is 6.09. The van der Waals surface area contributed by atoms with Crippen molar-refractivity contribution in [2.45, 2.75) is 25.2 Å². The van der Waals surface area contributed by atoms with E-state index in [9.17, 15) is 9.59 Å². The molecule has 0 radical (unpaired) electrons. The number of fused-ring (bicyclic) bond motifs is 5. The largest absolute Gasteiger partial charge is 0.311 e. The Hall–Kier alpha value is -3.52. The van der Waals surface area contributed by atoms with E-state index in [0.717, 1.165) is 33.5 Å². The van der Waals surface area contributed by atoms with Gasteiger partial charge in [-0.15, -0.1) is 0 Å². The summed E-state index contributed by atoms with van der Waals surface area (Å²) in [5.74, 6) is 0.268. The van der Waals surface area contributed by atoms with E-state index in [4.69, 9.17) is 0 Å². The molecule has 0 saturated carbocycles. The summed E-state index contributed by atoms with van der Waals surface area (Å²) in [6, 6.07) is 15.6. The number of para-hydroxylation sites is 2. The zero-order chi connectivity index (χ0) is 21.2. The number of hydrogen-bond acceptors (Lipinski definition) is 5. The average Bonchev–Trinajstić information content (AvgIpc) is 3.45. The molecular formula is C23H19N5O2S. The lowest BCUT2D eigenvalue weighted by molar-refractivity contribution is -0.126. The predicted octanol–water partition coefficient (Wildman–Crippen LogP) is 3.87. The Morgan fingerprint density at radius 1 is 1.10 bits per heavy atom. The Bertz CT molecular complexity index is 1340. The summed E-state index contributed by atoms with van der Waals surface area (Å²) in [4.78, 5) is 33.2. The van der Waals surface area contributed by atoms with Crippen molar-refractivity contribution in [3.8, 4) is 5.13 Å². The Morgan fingerprint density at radius 3 is 2.74 bits per heavy atom. The monoisotopic (exact) mass is 429 g/mol. The van der Waals surface area contributed by atoms with Crippen molar-refractivity contribution in [1.82, 2.24) is 14.8 Å².